The molecule has 0 aliphatic carbocycles. The first kappa shape index (κ1) is 19.6. The molecule has 2 aromatic rings. The number of carbonyl (C=O) groups is 1. The van der Waals surface area contributed by atoms with E-state index in [4.69, 9.17) is 14.2 Å². The van der Waals surface area contributed by atoms with Crippen molar-refractivity contribution in [1.29, 1.82) is 0 Å². The molecule has 1 aliphatic rings. The first-order chi connectivity index (χ1) is 13.4. The van der Waals surface area contributed by atoms with Crippen molar-refractivity contribution < 1.29 is 24.1 Å². The standard InChI is InChI=1S/C18H19N3O6S/c1-25-11-5-8(6-12(26-2)14(11)27-3)9-7-10(17(23)24)19-15-13(9)16(22)21-18(20-15)28-4/h5-7,9H,1-4H3,(H,23,24)(H2,19,20,21,22). The lowest BCUT2D eigenvalue weighted by atomic mass is 9.88. The number of aromatic amines is 1. The van der Waals surface area contributed by atoms with Crippen molar-refractivity contribution in [3.8, 4) is 17.2 Å². The van der Waals surface area contributed by atoms with Gasteiger partial charge < -0.3 is 29.6 Å². The third-order valence-corrected chi connectivity index (χ3v) is 4.88. The number of allylic oxidation sites excluding steroid dienone is 1. The van der Waals surface area contributed by atoms with E-state index < -0.39 is 11.9 Å². The lowest BCUT2D eigenvalue weighted by Crippen LogP contribution is -2.27. The molecule has 28 heavy (non-hydrogen) atoms. The van der Waals surface area contributed by atoms with Gasteiger partial charge in [0.2, 0.25) is 5.75 Å². The van der Waals surface area contributed by atoms with Crippen molar-refractivity contribution in [3.05, 3.63) is 45.4 Å². The van der Waals surface area contributed by atoms with Gasteiger partial charge in [-0.05, 0) is 30.0 Å². The summed E-state index contributed by atoms with van der Waals surface area (Å²) in [5.74, 6) is -0.444. The Bertz CT molecular complexity index is 992. The van der Waals surface area contributed by atoms with Gasteiger partial charge in [0.25, 0.3) is 5.56 Å². The average molecular weight is 405 g/mol. The summed E-state index contributed by atoms with van der Waals surface area (Å²) in [6.45, 7) is 0. The van der Waals surface area contributed by atoms with Crippen LogP contribution in [0.1, 0.15) is 17.0 Å². The fraction of sp³-hybridized carbons (Fsp3) is 0.278. The maximum Gasteiger partial charge on any atom is 0.352 e. The normalized spacial score (nSPS) is 15.1. The van der Waals surface area contributed by atoms with Crippen LogP contribution in [-0.2, 0) is 4.79 Å². The Balaban J connectivity index is 2.27. The molecule has 3 N–H and O–H groups in total. The van der Waals surface area contributed by atoms with E-state index in [9.17, 15) is 14.7 Å². The van der Waals surface area contributed by atoms with Crippen LogP contribution in [0.15, 0.2) is 33.9 Å². The van der Waals surface area contributed by atoms with Crippen molar-refractivity contribution in [2.45, 2.75) is 11.1 Å². The molecular formula is C18H19N3O6S. The smallest absolute Gasteiger partial charge is 0.352 e. The predicted octanol–water partition coefficient (Wildman–Crippen LogP) is 2.04. The van der Waals surface area contributed by atoms with Crippen LogP contribution in [0, 0.1) is 0 Å². The number of carboxylic acid groups (broad SMARTS) is 1. The van der Waals surface area contributed by atoms with E-state index in [0.717, 1.165) is 0 Å². The van der Waals surface area contributed by atoms with Gasteiger partial charge >= 0.3 is 5.97 Å². The van der Waals surface area contributed by atoms with Gasteiger partial charge in [0.1, 0.15) is 11.5 Å². The number of benzene rings is 1. The molecule has 1 aromatic heterocycles. The highest BCUT2D eigenvalue weighted by atomic mass is 32.2. The average Bonchev–Trinajstić information content (AvgIpc) is 2.71. The zero-order valence-electron chi connectivity index (χ0n) is 15.7. The number of nitrogens with zero attached hydrogens (tertiary/aromatic N) is 1. The third kappa shape index (κ3) is 3.38. The molecule has 0 amide bonds. The molecule has 0 fully saturated rings. The molecule has 10 heteroatoms. The molecule has 0 spiro atoms. The Morgan fingerprint density at radius 2 is 1.82 bits per heavy atom. The third-order valence-electron chi connectivity index (χ3n) is 4.30. The maximum absolute atomic E-state index is 12.7. The topological polar surface area (TPSA) is 123 Å². The van der Waals surface area contributed by atoms with Crippen molar-refractivity contribution in [3.63, 3.8) is 0 Å². The molecule has 148 valence electrons. The van der Waals surface area contributed by atoms with E-state index >= 15 is 0 Å². The largest absolute Gasteiger partial charge is 0.493 e. The monoisotopic (exact) mass is 405 g/mol. The number of aromatic nitrogens is 2. The van der Waals surface area contributed by atoms with Crippen LogP contribution in [0.4, 0.5) is 5.82 Å². The SMILES string of the molecule is COc1cc(C2C=C(C(=O)O)Nc3nc(SC)[nH]c(=O)c32)cc(OC)c1OC. The van der Waals surface area contributed by atoms with Crippen molar-refractivity contribution >= 4 is 23.5 Å². The summed E-state index contributed by atoms with van der Waals surface area (Å²) in [7, 11) is 4.45. The number of thioether (sulfide) groups is 1. The fourth-order valence-corrected chi connectivity index (χ4v) is 3.41. The Hall–Kier alpha value is -3.14. The second-order valence-corrected chi connectivity index (χ2v) is 6.58. The van der Waals surface area contributed by atoms with E-state index in [1.165, 1.54) is 39.2 Å². The minimum Gasteiger partial charge on any atom is -0.493 e. The van der Waals surface area contributed by atoms with Crippen LogP contribution < -0.4 is 25.1 Å². The van der Waals surface area contributed by atoms with Gasteiger partial charge in [-0.25, -0.2) is 9.78 Å². The summed E-state index contributed by atoms with van der Waals surface area (Å²) in [5, 5.41) is 12.6. The van der Waals surface area contributed by atoms with Crippen LogP contribution >= 0.6 is 11.8 Å². The Labute approximate surface area is 164 Å². The number of anilines is 1. The number of ether oxygens (including phenoxy) is 3. The van der Waals surface area contributed by atoms with E-state index in [1.807, 2.05) is 0 Å². The summed E-state index contributed by atoms with van der Waals surface area (Å²) in [4.78, 5) is 31.4. The molecule has 1 unspecified atom stereocenters. The van der Waals surface area contributed by atoms with Crippen LogP contribution in [0.25, 0.3) is 0 Å². The first-order valence-electron chi connectivity index (χ1n) is 8.13. The molecule has 9 nitrogen and oxygen atoms in total. The highest BCUT2D eigenvalue weighted by Gasteiger charge is 2.30. The first-order valence-corrected chi connectivity index (χ1v) is 9.36. The summed E-state index contributed by atoms with van der Waals surface area (Å²) in [6, 6.07) is 3.36. The quantitative estimate of drug-likeness (QED) is 0.489. The summed E-state index contributed by atoms with van der Waals surface area (Å²) in [6.07, 6.45) is 3.22. The molecule has 2 heterocycles. The van der Waals surface area contributed by atoms with Crippen LogP contribution in [0.5, 0.6) is 17.2 Å². The molecule has 3 rings (SSSR count). The maximum atomic E-state index is 12.7. The van der Waals surface area contributed by atoms with E-state index in [2.05, 4.69) is 15.3 Å². The summed E-state index contributed by atoms with van der Waals surface area (Å²) >= 11 is 1.25. The van der Waals surface area contributed by atoms with Crippen molar-refractivity contribution in [2.75, 3.05) is 32.9 Å². The number of rotatable bonds is 6. The molecular weight excluding hydrogens is 386 g/mol. The second kappa shape index (κ2) is 7.85. The van der Waals surface area contributed by atoms with Crippen LogP contribution in [0.2, 0.25) is 0 Å². The Kier molecular flexibility index (Phi) is 5.50. The molecule has 0 bridgehead atoms. The van der Waals surface area contributed by atoms with E-state index in [-0.39, 0.29) is 17.1 Å². The minimum absolute atomic E-state index is 0.0728. The molecule has 1 atom stereocenters. The Morgan fingerprint density at radius 1 is 1.18 bits per heavy atom. The molecule has 0 saturated carbocycles. The minimum atomic E-state index is -1.16. The van der Waals surface area contributed by atoms with Gasteiger partial charge in [-0.3, -0.25) is 4.79 Å². The number of fused-ring (bicyclic) bond motifs is 1. The highest BCUT2D eigenvalue weighted by molar-refractivity contribution is 7.98. The van der Waals surface area contributed by atoms with E-state index in [0.29, 0.717) is 33.5 Å². The van der Waals surface area contributed by atoms with Crippen molar-refractivity contribution in [1.82, 2.24) is 9.97 Å². The Morgan fingerprint density at radius 3 is 2.32 bits per heavy atom. The number of methoxy groups -OCH3 is 3. The zero-order chi connectivity index (χ0) is 20.4. The van der Waals surface area contributed by atoms with Crippen molar-refractivity contribution in [2.24, 2.45) is 0 Å². The molecule has 1 aromatic carbocycles. The van der Waals surface area contributed by atoms with Crippen LogP contribution in [0.3, 0.4) is 0 Å². The molecule has 0 radical (unpaired) electrons. The summed E-state index contributed by atoms with van der Waals surface area (Å²) in [5.41, 5.74) is 0.468. The van der Waals surface area contributed by atoms with Gasteiger partial charge in [0.05, 0.1) is 26.9 Å². The number of hydrogen-bond donors (Lipinski definition) is 3. The van der Waals surface area contributed by atoms with Gasteiger partial charge in [-0.1, -0.05) is 11.8 Å². The highest BCUT2D eigenvalue weighted by Crippen LogP contribution is 2.43. The van der Waals surface area contributed by atoms with Gasteiger partial charge in [-0.15, -0.1) is 0 Å². The van der Waals surface area contributed by atoms with E-state index in [1.54, 1.807) is 18.4 Å². The van der Waals surface area contributed by atoms with Gasteiger partial charge in [0.15, 0.2) is 16.7 Å². The lowest BCUT2D eigenvalue weighted by Gasteiger charge is -2.24. The molecule has 0 saturated heterocycles. The second-order valence-electron chi connectivity index (χ2n) is 5.78. The van der Waals surface area contributed by atoms with Gasteiger partial charge in [0, 0.05) is 5.92 Å². The predicted molar refractivity (Wildman–Crippen MR) is 104 cm³/mol. The number of hydrogen-bond acceptors (Lipinski definition) is 8. The lowest BCUT2D eigenvalue weighted by molar-refractivity contribution is -0.132. The zero-order valence-corrected chi connectivity index (χ0v) is 16.5. The van der Waals surface area contributed by atoms with Gasteiger partial charge in [-0.2, -0.15) is 0 Å². The fourth-order valence-electron chi connectivity index (χ4n) is 3.03. The molecule has 1 aliphatic heterocycles. The van der Waals surface area contributed by atoms with Crippen LogP contribution in [-0.4, -0.2) is 48.6 Å². The number of aliphatic carboxylic acids is 1. The number of carboxylic acids is 1. The number of H-pyrrole nitrogens is 1. The number of nitrogens with one attached hydrogen (secondary N) is 2. The summed E-state index contributed by atoms with van der Waals surface area (Å²) < 4.78 is 16.1.